The molecule has 0 fully saturated rings. The van der Waals surface area contributed by atoms with Gasteiger partial charge in [-0.15, -0.1) is 6.58 Å². The van der Waals surface area contributed by atoms with E-state index in [0.717, 1.165) is 6.07 Å². The summed E-state index contributed by atoms with van der Waals surface area (Å²) in [5, 5.41) is 17.7. The van der Waals surface area contributed by atoms with Crippen molar-refractivity contribution in [2.75, 3.05) is 5.73 Å². The quantitative estimate of drug-likeness (QED) is 0.527. The summed E-state index contributed by atoms with van der Waals surface area (Å²) in [6.07, 6.45) is 1.78. The predicted molar refractivity (Wildman–Crippen MR) is 58.7 cm³/mol. The minimum atomic E-state index is -1.18. The van der Waals surface area contributed by atoms with Crippen molar-refractivity contribution in [3.05, 3.63) is 41.5 Å². The second-order valence-electron chi connectivity index (χ2n) is 3.20. The van der Waals surface area contributed by atoms with Crippen LogP contribution in [0.15, 0.2) is 24.8 Å². The maximum Gasteiger partial charge on any atom is 0.337 e. The molecule has 0 aliphatic carbocycles. The number of rotatable bonds is 4. The van der Waals surface area contributed by atoms with Crippen molar-refractivity contribution in [1.82, 2.24) is 0 Å². The lowest BCUT2D eigenvalue weighted by Crippen LogP contribution is -2.09. The minimum absolute atomic E-state index is 0.00222. The summed E-state index contributed by atoms with van der Waals surface area (Å²) in [5.41, 5.74) is 5.69. The number of anilines is 1. The fourth-order valence-corrected chi connectivity index (χ4v) is 1.37. The zero-order valence-corrected chi connectivity index (χ0v) is 8.43. The third-order valence-electron chi connectivity index (χ3n) is 2.10. The van der Waals surface area contributed by atoms with Gasteiger partial charge >= 0.3 is 11.9 Å². The number of benzene rings is 1. The molecule has 1 aromatic carbocycles. The van der Waals surface area contributed by atoms with Crippen LogP contribution in [0.25, 0.3) is 0 Å². The Labute approximate surface area is 91.8 Å². The van der Waals surface area contributed by atoms with Crippen LogP contribution in [-0.2, 0) is 6.42 Å². The van der Waals surface area contributed by atoms with Crippen LogP contribution in [0.4, 0.5) is 5.69 Å². The van der Waals surface area contributed by atoms with Gasteiger partial charge in [-0.25, -0.2) is 9.59 Å². The molecule has 0 bridgehead atoms. The van der Waals surface area contributed by atoms with E-state index < -0.39 is 11.9 Å². The van der Waals surface area contributed by atoms with Gasteiger partial charge in [0.05, 0.1) is 11.1 Å². The van der Waals surface area contributed by atoms with E-state index in [4.69, 9.17) is 15.9 Å². The van der Waals surface area contributed by atoms with Crippen molar-refractivity contribution in [3.63, 3.8) is 0 Å². The topological polar surface area (TPSA) is 101 Å². The van der Waals surface area contributed by atoms with Crippen LogP contribution < -0.4 is 5.73 Å². The lowest BCUT2D eigenvalue weighted by atomic mass is 9.99. The highest BCUT2D eigenvalue weighted by Crippen LogP contribution is 2.20. The van der Waals surface area contributed by atoms with Crippen LogP contribution in [0.3, 0.4) is 0 Å². The van der Waals surface area contributed by atoms with Gasteiger partial charge in [0.25, 0.3) is 0 Å². The lowest BCUT2D eigenvalue weighted by molar-refractivity contribution is 0.0681. The zero-order chi connectivity index (χ0) is 12.3. The van der Waals surface area contributed by atoms with Crippen LogP contribution in [-0.4, -0.2) is 22.2 Å². The van der Waals surface area contributed by atoms with Crippen molar-refractivity contribution in [3.8, 4) is 0 Å². The standard InChI is InChI=1S/C11H11NO4/c1-2-3-6-4-8(11(15)16)9(12)5-7(6)10(13)14/h2,4-5H,1,3,12H2,(H,13,14)(H,15,16). The third kappa shape index (κ3) is 2.20. The number of nitrogens with two attached hydrogens (primary N) is 1. The molecule has 0 aliphatic heterocycles. The maximum atomic E-state index is 10.9. The number of aromatic carboxylic acids is 2. The molecule has 5 nitrogen and oxygen atoms in total. The molecule has 0 atom stereocenters. The van der Waals surface area contributed by atoms with E-state index in [9.17, 15) is 9.59 Å². The molecule has 0 saturated carbocycles. The van der Waals surface area contributed by atoms with Crippen LogP contribution in [0.5, 0.6) is 0 Å². The Morgan fingerprint density at radius 3 is 2.25 bits per heavy atom. The molecule has 0 radical (unpaired) electrons. The Balaban J connectivity index is 3.42. The average molecular weight is 221 g/mol. The number of nitrogen functional groups attached to an aromatic ring is 1. The summed E-state index contributed by atoms with van der Waals surface area (Å²) in [4.78, 5) is 21.7. The van der Waals surface area contributed by atoms with Crippen LogP contribution in [0.2, 0.25) is 0 Å². The number of hydrogen-bond acceptors (Lipinski definition) is 3. The average Bonchev–Trinajstić information content (AvgIpc) is 2.19. The van der Waals surface area contributed by atoms with Gasteiger partial charge in [0.15, 0.2) is 0 Å². The minimum Gasteiger partial charge on any atom is -0.478 e. The number of carboxylic acid groups (broad SMARTS) is 2. The first-order valence-electron chi connectivity index (χ1n) is 4.47. The van der Waals surface area contributed by atoms with E-state index in [-0.39, 0.29) is 23.2 Å². The molecule has 1 rings (SSSR count). The first-order valence-corrected chi connectivity index (χ1v) is 4.47. The van der Waals surface area contributed by atoms with E-state index >= 15 is 0 Å². The van der Waals surface area contributed by atoms with Gasteiger partial charge in [0.2, 0.25) is 0 Å². The molecule has 0 aromatic heterocycles. The Morgan fingerprint density at radius 1 is 1.25 bits per heavy atom. The first kappa shape index (κ1) is 11.8. The third-order valence-corrected chi connectivity index (χ3v) is 2.10. The molecular weight excluding hydrogens is 210 g/mol. The van der Waals surface area contributed by atoms with Gasteiger partial charge in [-0.1, -0.05) is 6.08 Å². The van der Waals surface area contributed by atoms with E-state index in [1.54, 1.807) is 0 Å². The number of carboxylic acids is 2. The Bertz CT molecular complexity index is 465. The summed E-state index contributed by atoms with van der Waals surface area (Å²) in [5.74, 6) is -2.32. The van der Waals surface area contributed by atoms with E-state index in [1.807, 2.05) is 0 Å². The van der Waals surface area contributed by atoms with Crippen molar-refractivity contribution in [2.45, 2.75) is 6.42 Å². The molecule has 0 aliphatic rings. The normalized spacial score (nSPS) is 9.75. The summed E-state index contributed by atoms with van der Waals surface area (Å²) in [6.45, 7) is 3.48. The second kappa shape index (κ2) is 4.48. The lowest BCUT2D eigenvalue weighted by Gasteiger charge is -2.08. The second-order valence-corrected chi connectivity index (χ2v) is 3.20. The molecule has 0 saturated heterocycles. The molecule has 16 heavy (non-hydrogen) atoms. The van der Waals surface area contributed by atoms with E-state index in [1.165, 1.54) is 12.1 Å². The Hall–Kier alpha value is -2.30. The summed E-state index contributed by atoms with van der Waals surface area (Å²) >= 11 is 0. The van der Waals surface area contributed by atoms with Gasteiger partial charge in [0.1, 0.15) is 0 Å². The number of allylic oxidation sites excluding steroid dienone is 1. The number of hydrogen-bond donors (Lipinski definition) is 3. The van der Waals surface area contributed by atoms with Crippen LogP contribution in [0, 0.1) is 0 Å². The van der Waals surface area contributed by atoms with Crippen molar-refractivity contribution in [2.24, 2.45) is 0 Å². The smallest absolute Gasteiger partial charge is 0.337 e. The Kier molecular flexibility index (Phi) is 3.30. The van der Waals surface area contributed by atoms with Crippen molar-refractivity contribution in [1.29, 1.82) is 0 Å². The predicted octanol–water partition coefficient (Wildman–Crippen LogP) is 1.39. The monoisotopic (exact) mass is 221 g/mol. The zero-order valence-electron chi connectivity index (χ0n) is 8.43. The van der Waals surface area contributed by atoms with E-state index in [0.29, 0.717) is 5.56 Å². The van der Waals surface area contributed by atoms with Crippen molar-refractivity contribution >= 4 is 17.6 Å². The highest BCUT2D eigenvalue weighted by Gasteiger charge is 2.16. The van der Waals surface area contributed by atoms with Crippen LogP contribution >= 0.6 is 0 Å². The van der Waals surface area contributed by atoms with E-state index in [2.05, 4.69) is 6.58 Å². The van der Waals surface area contributed by atoms with Gasteiger partial charge in [0, 0.05) is 5.69 Å². The summed E-state index contributed by atoms with van der Waals surface area (Å²) < 4.78 is 0. The molecule has 4 N–H and O–H groups in total. The highest BCUT2D eigenvalue weighted by molar-refractivity contribution is 5.98. The SMILES string of the molecule is C=CCc1cc(C(=O)O)c(N)cc1C(=O)O. The molecule has 0 unspecified atom stereocenters. The molecule has 5 heteroatoms. The fourth-order valence-electron chi connectivity index (χ4n) is 1.37. The van der Waals surface area contributed by atoms with Gasteiger partial charge < -0.3 is 15.9 Å². The van der Waals surface area contributed by atoms with Gasteiger partial charge in [-0.2, -0.15) is 0 Å². The largest absolute Gasteiger partial charge is 0.478 e. The molecule has 1 aromatic rings. The first-order chi connectivity index (χ1) is 7.47. The Morgan fingerprint density at radius 2 is 1.81 bits per heavy atom. The molecular formula is C11H11NO4. The maximum absolute atomic E-state index is 10.9. The van der Waals surface area contributed by atoms with Crippen LogP contribution in [0.1, 0.15) is 26.3 Å². The summed E-state index contributed by atoms with van der Waals surface area (Å²) in [6, 6.07) is 2.42. The van der Waals surface area contributed by atoms with Gasteiger partial charge in [-0.05, 0) is 24.1 Å². The highest BCUT2D eigenvalue weighted by atomic mass is 16.4. The molecule has 0 heterocycles. The fraction of sp³-hybridized carbons (Fsp3) is 0.0909. The van der Waals surface area contributed by atoms with Crippen molar-refractivity contribution < 1.29 is 19.8 Å². The summed E-state index contributed by atoms with van der Waals surface area (Å²) in [7, 11) is 0. The molecule has 0 spiro atoms. The molecule has 84 valence electrons. The number of carbonyl (C=O) groups is 2. The van der Waals surface area contributed by atoms with Gasteiger partial charge in [-0.3, -0.25) is 0 Å². The molecule has 0 amide bonds.